The summed E-state index contributed by atoms with van der Waals surface area (Å²) in [4.78, 5) is 11.9. The predicted octanol–water partition coefficient (Wildman–Crippen LogP) is 13.4. The van der Waals surface area contributed by atoms with Crippen molar-refractivity contribution >= 4 is 52.9 Å². The van der Waals surface area contributed by atoms with Crippen LogP contribution in [-0.2, 0) is 5.41 Å². The maximum absolute atomic E-state index is 5.46. The average molecular weight is 711 g/mol. The molecule has 0 radical (unpaired) electrons. The molecule has 0 fully saturated rings. The van der Waals surface area contributed by atoms with Gasteiger partial charge < -0.3 is 0 Å². The van der Waals surface area contributed by atoms with Crippen molar-refractivity contribution in [3.8, 4) is 44.3 Å². The Morgan fingerprint density at radius 1 is 0.415 bits per heavy atom. The van der Waals surface area contributed by atoms with E-state index in [2.05, 4.69) is 182 Å². The molecule has 7 aromatic carbocycles. The zero-order valence-corrected chi connectivity index (χ0v) is 30.2. The minimum atomic E-state index is -0.485. The van der Waals surface area contributed by atoms with Crippen LogP contribution in [0.5, 0.6) is 0 Å². The summed E-state index contributed by atoms with van der Waals surface area (Å²) in [6.07, 6.45) is 0. The monoisotopic (exact) mass is 710 g/mol. The highest BCUT2D eigenvalue weighted by molar-refractivity contribution is 7.25. The molecule has 1 aliphatic rings. The van der Waals surface area contributed by atoms with Crippen molar-refractivity contribution in [1.82, 2.24) is 9.97 Å². The smallest absolute Gasteiger partial charge is 0.160 e. The van der Waals surface area contributed by atoms with Crippen molar-refractivity contribution in [2.24, 2.45) is 0 Å². The van der Waals surface area contributed by atoms with Crippen molar-refractivity contribution in [3.63, 3.8) is 0 Å². The van der Waals surface area contributed by atoms with Crippen LogP contribution in [0.4, 0.5) is 0 Å². The minimum absolute atomic E-state index is 0.485. The number of thiophene rings is 2. The molecule has 0 atom stereocenters. The fourth-order valence-electron chi connectivity index (χ4n) is 8.52. The normalized spacial score (nSPS) is 13.1. The lowest BCUT2D eigenvalue weighted by Crippen LogP contribution is -2.28. The van der Waals surface area contributed by atoms with Crippen LogP contribution in [0.2, 0.25) is 0 Å². The third-order valence-electron chi connectivity index (χ3n) is 10.8. The van der Waals surface area contributed by atoms with Gasteiger partial charge in [0.1, 0.15) is 0 Å². The van der Waals surface area contributed by atoms with Gasteiger partial charge in [0.15, 0.2) is 5.82 Å². The Kier molecular flexibility index (Phi) is 6.85. The zero-order valence-electron chi connectivity index (χ0n) is 28.5. The predicted molar refractivity (Wildman–Crippen MR) is 224 cm³/mol. The van der Waals surface area contributed by atoms with Gasteiger partial charge in [-0.25, -0.2) is 9.97 Å². The summed E-state index contributed by atoms with van der Waals surface area (Å²) in [6.45, 7) is 0. The highest BCUT2D eigenvalue weighted by atomic mass is 32.1. The van der Waals surface area contributed by atoms with Gasteiger partial charge in [-0.05, 0) is 69.1 Å². The molecule has 4 heteroatoms. The number of hydrogen-bond donors (Lipinski definition) is 0. The molecule has 0 bridgehead atoms. The van der Waals surface area contributed by atoms with Gasteiger partial charge >= 0.3 is 0 Å². The van der Waals surface area contributed by atoms with E-state index in [1.54, 1.807) is 11.3 Å². The lowest BCUT2D eigenvalue weighted by Gasteiger charge is -2.33. The molecule has 0 amide bonds. The van der Waals surface area contributed by atoms with Gasteiger partial charge in [0, 0.05) is 36.0 Å². The maximum atomic E-state index is 5.46. The summed E-state index contributed by atoms with van der Waals surface area (Å²) >= 11 is 3.61. The Balaban J connectivity index is 1.19. The fraction of sp³-hybridized carbons (Fsp3) is 0.0204. The molecule has 11 rings (SSSR count). The van der Waals surface area contributed by atoms with Crippen LogP contribution in [0.25, 0.3) is 74.6 Å². The zero-order chi connectivity index (χ0) is 34.9. The van der Waals surface area contributed by atoms with E-state index in [9.17, 15) is 0 Å². The second kappa shape index (κ2) is 11.9. The van der Waals surface area contributed by atoms with Gasteiger partial charge in [-0.1, -0.05) is 152 Å². The topological polar surface area (TPSA) is 25.8 Å². The lowest BCUT2D eigenvalue weighted by molar-refractivity contribution is 0.768. The highest BCUT2D eigenvalue weighted by Gasteiger charge is 2.46. The van der Waals surface area contributed by atoms with Crippen LogP contribution >= 0.6 is 22.7 Å². The number of benzene rings is 7. The first-order chi connectivity index (χ1) is 26.3. The third-order valence-corrected chi connectivity index (χ3v) is 13.1. The van der Waals surface area contributed by atoms with E-state index in [0.717, 1.165) is 33.2 Å². The molecule has 0 N–H and O–H groups in total. The Morgan fingerprint density at radius 2 is 1.06 bits per heavy atom. The summed E-state index contributed by atoms with van der Waals surface area (Å²) in [5, 5.41) is 3.79. The molecule has 10 aromatic rings. The molecule has 1 aliphatic carbocycles. The molecule has 0 saturated carbocycles. The van der Waals surface area contributed by atoms with Gasteiger partial charge in [-0.2, -0.15) is 0 Å². The lowest BCUT2D eigenvalue weighted by atomic mass is 9.67. The molecular formula is C49H30N2S2. The molecule has 53 heavy (non-hydrogen) atoms. The van der Waals surface area contributed by atoms with Crippen LogP contribution in [0.1, 0.15) is 22.3 Å². The molecule has 3 heterocycles. The highest BCUT2D eigenvalue weighted by Crippen LogP contribution is 2.58. The van der Waals surface area contributed by atoms with Crippen molar-refractivity contribution < 1.29 is 0 Å². The SMILES string of the molecule is c1ccc(C2(c3ccccc3)c3ccccc3-c3c(-c4cc(-c5cc6ccccc6s5)nc(-c5ccc6c(c5)sc5ccccc56)n4)cccc32)cc1. The average Bonchev–Trinajstić information content (AvgIpc) is 3.92. The summed E-state index contributed by atoms with van der Waals surface area (Å²) in [7, 11) is 0. The van der Waals surface area contributed by atoms with Crippen molar-refractivity contribution in [2.45, 2.75) is 5.41 Å². The van der Waals surface area contributed by atoms with Gasteiger partial charge in [0.25, 0.3) is 0 Å². The molecule has 0 aliphatic heterocycles. The molecule has 248 valence electrons. The van der Waals surface area contributed by atoms with Crippen LogP contribution in [0.3, 0.4) is 0 Å². The number of nitrogens with zero attached hydrogens (tertiary/aromatic N) is 2. The quantitative estimate of drug-likeness (QED) is 0.178. The molecule has 0 saturated heterocycles. The van der Waals surface area contributed by atoms with E-state index in [1.165, 1.54) is 63.6 Å². The number of fused-ring (bicyclic) bond motifs is 7. The Morgan fingerprint density at radius 3 is 1.87 bits per heavy atom. The largest absolute Gasteiger partial charge is 0.228 e. The number of hydrogen-bond acceptors (Lipinski definition) is 4. The number of aromatic nitrogens is 2. The van der Waals surface area contributed by atoms with E-state index in [1.807, 2.05) is 11.3 Å². The van der Waals surface area contributed by atoms with Crippen molar-refractivity contribution in [2.75, 3.05) is 0 Å². The van der Waals surface area contributed by atoms with E-state index < -0.39 is 5.41 Å². The van der Waals surface area contributed by atoms with Crippen LogP contribution < -0.4 is 0 Å². The summed E-state index contributed by atoms with van der Waals surface area (Å²) in [5.41, 5.74) is 11.0. The Labute approximate surface area is 315 Å². The Hall–Kier alpha value is -6.20. The number of rotatable bonds is 5. The summed E-state index contributed by atoms with van der Waals surface area (Å²) in [6, 6.07) is 66.1. The minimum Gasteiger partial charge on any atom is -0.228 e. The van der Waals surface area contributed by atoms with Crippen LogP contribution in [0.15, 0.2) is 182 Å². The van der Waals surface area contributed by atoms with Gasteiger partial charge in [-0.15, -0.1) is 22.7 Å². The van der Waals surface area contributed by atoms with E-state index in [4.69, 9.17) is 9.97 Å². The molecule has 2 nitrogen and oxygen atoms in total. The van der Waals surface area contributed by atoms with E-state index in [0.29, 0.717) is 0 Å². The maximum Gasteiger partial charge on any atom is 0.160 e. The molecular weight excluding hydrogens is 681 g/mol. The first-order valence-electron chi connectivity index (χ1n) is 17.9. The third kappa shape index (κ3) is 4.63. The first-order valence-corrected chi connectivity index (χ1v) is 19.5. The van der Waals surface area contributed by atoms with Crippen molar-refractivity contribution in [3.05, 3.63) is 204 Å². The summed E-state index contributed by atoms with van der Waals surface area (Å²) < 4.78 is 3.78. The Bertz CT molecular complexity index is 2940. The summed E-state index contributed by atoms with van der Waals surface area (Å²) in [5.74, 6) is 0.732. The van der Waals surface area contributed by atoms with Crippen molar-refractivity contribution in [1.29, 1.82) is 0 Å². The standard InChI is InChI=1S/C49H30N2S2/c1-3-15-33(16-4-1)49(34-17-5-2-6-18-34)39-22-10-8-20-37(39)47-38(21-13-23-40(47)49)41-30-42(46-28-31-14-7-11-24-43(31)52-46)51-48(50-41)32-26-27-36-35-19-9-12-25-44(35)53-45(36)29-32/h1-30H. The van der Waals surface area contributed by atoms with Gasteiger partial charge in [-0.3, -0.25) is 0 Å². The van der Waals surface area contributed by atoms with Crippen LogP contribution in [-0.4, -0.2) is 9.97 Å². The molecule has 3 aromatic heterocycles. The second-order valence-electron chi connectivity index (χ2n) is 13.7. The first kappa shape index (κ1) is 30.4. The van der Waals surface area contributed by atoms with E-state index in [-0.39, 0.29) is 0 Å². The van der Waals surface area contributed by atoms with Gasteiger partial charge in [0.2, 0.25) is 0 Å². The molecule has 0 spiro atoms. The van der Waals surface area contributed by atoms with Gasteiger partial charge in [0.05, 0.1) is 21.7 Å². The van der Waals surface area contributed by atoms with Crippen LogP contribution in [0, 0.1) is 0 Å². The molecule has 0 unspecified atom stereocenters. The second-order valence-corrected chi connectivity index (χ2v) is 15.8. The fourth-order valence-corrected chi connectivity index (χ4v) is 10.7. The van der Waals surface area contributed by atoms with E-state index >= 15 is 0 Å².